The van der Waals surface area contributed by atoms with Crippen LogP contribution >= 0.6 is 0 Å². The second-order valence-corrected chi connectivity index (χ2v) is 7.51. The van der Waals surface area contributed by atoms with Crippen LogP contribution in [0.1, 0.15) is 43.7 Å². The lowest BCUT2D eigenvalue weighted by atomic mass is 9.95. The molecule has 1 saturated heterocycles. The molecule has 0 atom stereocenters. The van der Waals surface area contributed by atoms with Gasteiger partial charge in [0.2, 0.25) is 0 Å². The van der Waals surface area contributed by atoms with Crippen LogP contribution in [0.4, 0.5) is 0 Å². The highest BCUT2D eigenvalue weighted by Crippen LogP contribution is 2.36. The maximum atomic E-state index is 12.6. The van der Waals surface area contributed by atoms with Gasteiger partial charge in [0.05, 0.1) is 24.4 Å². The Morgan fingerprint density at radius 3 is 2.50 bits per heavy atom. The van der Waals surface area contributed by atoms with Crippen molar-refractivity contribution in [3.05, 3.63) is 65.0 Å². The number of carbonyl (C=O) groups excluding carboxylic acids is 2. The topological polar surface area (TPSA) is 77.5 Å². The number of methoxy groups -OCH3 is 1. The molecule has 1 aromatic carbocycles. The second kappa shape index (κ2) is 8.53. The molecular weight excluding hydrogens is 380 g/mol. The standard InChI is InChI=1S/C24H24N2O4/c1-15(17-7-8-20(21(14-17)29-2)30-18-5-3-4-6-18)22-19(23(27)26-24(22)28)13-16-9-11-25-12-10-16/h7-14,18H,3-6H2,1-2H3,(H,26,27,28)/b19-13+,22-15-. The third kappa shape index (κ3) is 3.99. The van der Waals surface area contributed by atoms with E-state index in [0.29, 0.717) is 28.2 Å². The summed E-state index contributed by atoms with van der Waals surface area (Å²) in [7, 11) is 1.60. The summed E-state index contributed by atoms with van der Waals surface area (Å²) in [5, 5.41) is 2.40. The third-order valence-corrected chi connectivity index (χ3v) is 5.55. The SMILES string of the molecule is COc1cc(/C(C)=C2\C(=O)NC(=O)\C2=C\c2ccncc2)ccc1OC1CCCC1. The molecule has 6 heteroatoms. The lowest BCUT2D eigenvalue weighted by molar-refractivity contribution is -0.123. The van der Waals surface area contributed by atoms with Gasteiger partial charge in [-0.15, -0.1) is 0 Å². The first-order valence-electron chi connectivity index (χ1n) is 10.1. The number of rotatable bonds is 5. The number of amides is 2. The van der Waals surface area contributed by atoms with Crippen LogP contribution in [-0.4, -0.2) is 30.0 Å². The van der Waals surface area contributed by atoms with Crippen molar-refractivity contribution in [2.45, 2.75) is 38.7 Å². The first-order chi connectivity index (χ1) is 14.6. The summed E-state index contributed by atoms with van der Waals surface area (Å²) in [6.07, 6.45) is 9.69. The van der Waals surface area contributed by atoms with E-state index < -0.39 is 11.8 Å². The molecule has 1 aliphatic heterocycles. The van der Waals surface area contributed by atoms with Crippen molar-refractivity contribution in [3.8, 4) is 11.5 Å². The molecule has 1 aromatic heterocycles. The highest BCUT2D eigenvalue weighted by molar-refractivity contribution is 6.29. The molecule has 30 heavy (non-hydrogen) atoms. The van der Waals surface area contributed by atoms with Crippen molar-refractivity contribution in [2.24, 2.45) is 0 Å². The summed E-state index contributed by atoms with van der Waals surface area (Å²) in [4.78, 5) is 28.9. The molecule has 2 fully saturated rings. The van der Waals surface area contributed by atoms with Crippen LogP contribution < -0.4 is 14.8 Å². The molecule has 1 saturated carbocycles. The molecule has 0 unspecified atom stereocenters. The predicted octanol–water partition coefficient (Wildman–Crippen LogP) is 3.93. The van der Waals surface area contributed by atoms with Gasteiger partial charge in [0.15, 0.2) is 11.5 Å². The van der Waals surface area contributed by atoms with Gasteiger partial charge in [-0.25, -0.2) is 0 Å². The number of nitrogens with one attached hydrogen (secondary N) is 1. The maximum absolute atomic E-state index is 12.6. The average Bonchev–Trinajstić information content (AvgIpc) is 3.36. The van der Waals surface area contributed by atoms with E-state index in [1.807, 2.05) is 25.1 Å². The monoisotopic (exact) mass is 404 g/mol. The minimum Gasteiger partial charge on any atom is -0.493 e. The van der Waals surface area contributed by atoms with E-state index in [1.165, 1.54) is 12.8 Å². The summed E-state index contributed by atoms with van der Waals surface area (Å²) >= 11 is 0. The lowest BCUT2D eigenvalue weighted by Crippen LogP contribution is -2.20. The first kappa shape index (κ1) is 19.9. The van der Waals surface area contributed by atoms with Gasteiger partial charge in [-0.05, 0) is 79.6 Å². The molecule has 2 aliphatic rings. The molecular formula is C24H24N2O4. The summed E-state index contributed by atoms with van der Waals surface area (Å²) in [5.74, 6) is 0.511. The third-order valence-electron chi connectivity index (χ3n) is 5.55. The number of aromatic nitrogens is 1. The minimum absolute atomic E-state index is 0.220. The normalized spacial score (nSPS) is 19.9. The van der Waals surface area contributed by atoms with E-state index in [0.717, 1.165) is 24.0 Å². The van der Waals surface area contributed by atoms with E-state index >= 15 is 0 Å². The van der Waals surface area contributed by atoms with Gasteiger partial charge in [-0.2, -0.15) is 0 Å². The Hall–Kier alpha value is -3.41. The molecule has 2 amide bonds. The van der Waals surface area contributed by atoms with E-state index in [9.17, 15) is 9.59 Å². The van der Waals surface area contributed by atoms with Crippen molar-refractivity contribution in [1.82, 2.24) is 10.3 Å². The van der Waals surface area contributed by atoms with E-state index in [4.69, 9.17) is 9.47 Å². The van der Waals surface area contributed by atoms with Crippen molar-refractivity contribution >= 4 is 23.5 Å². The molecule has 0 spiro atoms. The largest absolute Gasteiger partial charge is 0.493 e. The Bertz CT molecular complexity index is 1030. The molecule has 0 radical (unpaired) electrons. The van der Waals surface area contributed by atoms with Gasteiger partial charge in [0.25, 0.3) is 11.8 Å². The highest BCUT2D eigenvalue weighted by Gasteiger charge is 2.32. The molecule has 1 N–H and O–H groups in total. The predicted molar refractivity (Wildman–Crippen MR) is 114 cm³/mol. The van der Waals surface area contributed by atoms with E-state index in [2.05, 4.69) is 10.3 Å². The number of hydrogen-bond acceptors (Lipinski definition) is 5. The molecule has 1 aliphatic carbocycles. The molecule has 6 nitrogen and oxygen atoms in total. The summed E-state index contributed by atoms with van der Waals surface area (Å²) in [5.41, 5.74) is 3.00. The summed E-state index contributed by atoms with van der Waals surface area (Å²) in [6, 6.07) is 9.20. The molecule has 154 valence electrons. The number of hydrogen-bond donors (Lipinski definition) is 1. The Kier molecular flexibility index (Phi) is 5.65. The Morgan fingerprint density at radius 1 is 1.07 bits per heavy atom. The average molecular weight is 404 g/mol. The maximum Gasteiger partial charge on any atom is 0.259 e. The van der Waals surface area contributed by atoms with Gasteiger partial charge < -0.3 is 9.47 Å². The van der Waals surface area contributed by atoms with Crippen LogP contribution in [-0.2, 0) is 9.59 Å². The van der Waals surface area contributed by atoms with Gasteiger partial charge in [-0.1, -0.05) is 6.07 Å². The number of nitrogens with zero attached hydrogens (tertiary/aromatic N) is 1. The fourth-order valence-corrected chi connectivity index (χ4v) is 3.93. The molecule has 2 heterocycles. The van der Waals surface area contributed by atoms with Crippen LogP contribution in [0, 0.1) is 0 Å². The lowest BCUT2D eigenvalue weighted by Gasteiger charge is -2.17. The first-order valence-corrected chi connectivity index (χ1v) is 10.1. The number of benzene rings is 1. The van der Waals surface area contributed by atoms with E-state index in [1.54, 1.807) is 37.7 Å². The fourth-order valence-electron chi connectivity index (χ4n) is 3.93. The zero-order chi connectivity index (χ0) is 21.1. The Balaban J connectivity index is 1.71. The minimum atomic E-state index is -0.403. The van der Waals surface area contributed by atoms with Crippen molar-refractivity contribution in [3.63, 3.8) is 0 Å². The number of pyridine rings is 1. The van der Waals surface area contributed by atoms with Crippen LogP contribution in [0.15, 0.2) is 53.9 Å². The second-order valence-electron chi connectivity index (χ2n) is 7.51. The number of ether oxygens (including phenoxy) is 2. The van der Waals surface area contributed by atoms with E-state index in [-0.39, 0.29) is 6.10 Å². The van der Waals surface area contributed by atoms with Crippen LogP contribution in [0.5, 0.6) is 11.5 Å². The highest BCUT2D eigenvalue weighted by atomic mass is 16.5. The van der Waals surface area contributed by atoms with Crippen molar-refractivity contribution in [1.29, 1.82) is 0 Å². The zero-order valence-corrected chi connectivity index (χ0v) is 17.1. The number of allylic oxidation sites excluding steroid dienone is 1. The molecule has 0 bridgehead atoms. The van der Waals surface area contributed by atoms with Crippen LogP contribution in [0.3, 0.4) is 0 Å². The fraction of sp³-hybridized carbons (Fsp3) is 0.292. The van der Waals surface area contributed by atoms with Gasteiger partial charge in [-0.3, -0.25) is 19.9 Å². The summed E-state index contributed by atoms with van der Waals surface area (Å²) in [6.45, 7) is 1.83. The smallest absolute Gasteiger partial charge is 0.259 e. The van der Waals surface area contributed by atoms with Gasteiger partial charge >= 0.3 is 0 Å². The molecule has 2 aromatic rings. The number of carbonyl (C=O) groups is 2. The number of imide groups is 1. The Labute approximate surface area is 175 Å². The van der Waals surface area contributed by atoms with Gasteiger partial charge in [0, 0.05) is 12.4 Å². The summed E-state index contributed by atoms with van der Waals surface area (Å²) < 4.78 is 11.6. The molecule has 4 rings (SSSR count). The zero-order valence-electron chi connectivity index (χ0n) is 17.1. The quantitative estimate of drug-likeness (QED) is 0.604. The van der Waals surface area contributed by atoms with Crippen molar-refractivity contribution in [2.75, 3.05) is 7.11 Å². The Morgan fingerprint density at radius 2 is 1.80 bits per heavy atom. The van der Waals surface area contributed by atoms with Crippen molar-refractivity contribution < 1.29 is 19.1 Å². The van der Waals surface area contributed by atoms with Crippen LogP contribution in [0.2, 0.25) is 0 Å². The van der Waals surface area contributed by atoms with Crippen LogP contribution in [0.25, 0.3) is 11.6 Å². The van der Waals surface area contributed by atoms with Gasteiger partial charge in [0.1, 0.15) is 0 Å².